The summed E-state index contributed by atoms with van der Waals surface area (Å²) in [6.07, 6.45) is 6.68. The van der Waals surface area contributed by atoms with Gasteiger partial charge in [-0.2, -0.15) is 0 Å². The van der Waals surface area contributed by atoms with E-state index in [0.29, 0.717) is 19.6 Å². The van der Waals surface area contributed by atoms with Gasteiger partial charge in [-0.3, -0.25) is 4.79 Å². The zero-order valence-corrected chi connectivity index (χ0v) is 11.7. The van der Waals surface area contributed by atoms with Crippen LogP contribution in [0.3, 0.4) is 0 Å². The van der Waals surface area contributed by atoms with E-state index >= 15 is 0 Å². The highest BCUT2D eigenvalue weighted by Crippen LogP contribution is 2.24. The standard InChI is InChI=1S/C14H27NO3/c1-3-15-14(2,13(16)17)9-6-10-18-11-12-7-4-5-8-12/h12,15H,3-11H2,1-2H3,(H,16,17). The molecule has 4 heteroatoms. The average molecular weight is 257 g/mol. The molecule has 1 unspecified atom stereocenters. The first-order valence-corrected chi connectivity index (χ1v) is 7.14. The monoisotopic (exact) mass is 257 g/mol. The second-order valence-electron chi connectivity index (χ2n) is 5.50. The third-order valence-corrected chi connectivity index (χ3v) is 3.83. The van der Waals surface area contributed by atoms with Crippen LogP contribution in [0.4, 0.5) is 0 Å². The highest BCUT2D eigenvalue weighted by atomic mass is 16.5. The molecule has 0 bridgehead atoms. The Hall–Kier alpha value is -0.610. The molecule has 1 fully saturated rings. The number of carboxylic acid groups (broad SMARTS) is 1. The lowest BCUT2D eigenvalue weighted by Crippen LogP contribution is -2.49. The molecule has 1 atom stereocenters. The van der Waals surface area contributed by atoms with Gasteiger partial charge >= 0.3 is 5.97 Å². The molecule has 2 N–H and O–H groups in total. The molecule has 106 valence electrons. The fourth-order valence-electron chi connectivity index (χ4n) is 2.62. The van der Waals surface area contributed by atoms with Crippen molar-refractivity contribution >= 4 is 5.97 Å². The first kappa shape index (κ1) is 15.4. The molecule has 0 radical (unpaired) electrons. The lowest BCUT2D eigenvalue weighted by molar-refractivity contribution is -0.144. The molecule has 1 aliphatic rings. The van der Waals surface area contributed by atoms with E-state index in [-0.39, 0.29) is 0 Å². The van der Waals surface area contributed by atoms with Crippen molar-refractivity contribution in [3.8, 4) is 0 Å². The van der Waals surface area contributed by atoms with Gasteiger partial charge in [0.15, 0.2) is 0 Å². The topological polar surface area (TPSA) is 58.6 Å². The Bertz CT molecular complexity index is 251. The number of nitrogens with one attached hydrogen (secondary N) is 1. The van der Waals surface area contributed by atoms with Gasteiger partial charge < -0.3 is 15.2 Å². The predicted molar refractivity (Wildman–Crippen MR) is 71.7 cm³/mol. The normalized spacial score (nSPS) is 19.9. The molecule has 4 nitrogen and oxygen atoms in total. The summed E-state index contributed by atoms with van der Waals surface area (Å²) in [5, 5.41) is 12.2. The fourth-order valence-corrected chi connectivity index (χ4v) is 2.62. The first-order valence-electron chi connectivity index (χ1n) is 7.14. The minimum absolute atomic E-state index is 0.612. The zero-order valence-electron chi connectivity index (χ0n) is 11.7. The maximum Gasteiger partial charge on any atom is 0.323 e. The van der Waals surface area contributed by atoms with E-state index in [1.807, 2.05) is 6.92 Å². The summed E-state index contributed by atoms with van der Waals surface area (Å²) in [5.41, 5.74) is -0.814. The summed E-state index contributed by atoms with van der Waals surface area (Å²) in [6, 6.07) is 0. The molecular weight excluding hydrogens is 230 g/mol. The van der Waals surface area contributed by atoms with Gasteiger partial charge in [0.05, 0.1) is 0 Å². The van der Waals surface area contributed by atoms with Crippen LogP contribution in [0.5, 0.6) is 0 Å². The van der Waals surface area contributed by atoms with Gasteiger partial charge in [-0.25, -0.2) is 0 Å². The van der Waals surface area contributed by atoms with Crippen molar-refractivity contribution in [1.82, 2.24) is 5.32 Å². The van der Waals surface area contributed by atoms with Crippen molar-refractivity contribution in [2.45, 2.75) is 57.9 Å². The summed E-state index contributed by atoms with van der Waals surface area (Å²) < 4.78 is 5.65. The van der Waals surface area contributed by atoms with Crippen LogP contribution in [-0.2, 0) is 9.53 Å². The number of likely N-dealkylation sites (N-methyl/N-ethyl adjacent to an activating group) is 1. The van der Waals surface area contributed by atoms with Gasteiger partial charge in [-0.1, -0.05) is 19.8 Å². The predicted octanol–water partition coefficient (Wildman–Crippen LogP) is 2.43. The smallest absolute Gasteiger partial charge is 0.323 e. The largest absolute Gasteiger partial charge is 0.480 e. The SMILES string of the molecule is CCNC(C)(CCCOCC1CCCC1)C(=O)O. The molecule has 1 saturated carbocycles. The summed E-state index contributed by atoms with van der Waals surface area (Å²) in [7, 11) is 0. The van der Waals surface area contributed by atoms with Crippen molar-refractivity contribution in [1.29, 1.82) is 0 Å². The molecule has 0 aromatic heterocycles. The van der Waals surface area contributed by atoms with Crippen LogP contribution in [0.2, 0.25) is 0 Å². The highest BCUT2D eigenvalue weighted by molar-refractivity contribution is 5.78. The summed E-state index contributed by atoms with van der Waals surface area (Å²) >= 11 is 0. The molecule has 0 spiro atoms. The third-order valence-electron chi connectivity index (χ3n) is 3.83. The van der Waals surface area contributed by atoms with E-state index in [1.54, 1.807) is 6.92 Å². The van der Waals surface area contributed by atoms with Crippen LogP contribution in [0.15, 0.2) is 0 Å². The Kier molecular flexibility index (Phi) is 6.65. The van der Waals surface area contributed by atoms with Crippen LogP contribution in [0.1, 0.15) is 52.4 Å². The van der Waals surface area contributed by atoms with E-state index in [0.717, 1.165) is 18.9 Å². The number of carbonyl (C=O) groups is 1. The second kappa shape index (κ2) is 7.74. The quantitative estimate of drug-likeness (QED) is 0.623. The van der Waals surface area contributed by atoms with Gasteiger partial charge in [0.1, 0.15) is 5.54 Å². The molecule has 0 aliphatic heterocycles. The van der Waals surface area contributed by atoms with Gasteiger partial charge in [0.2, 0.25) is 0 Å². The minimum Gasteiger partial charge on any atom is -0.480 e. The average Bonchev–Trinajstić information content (AvgIpc) is 2.81. The molecule has 18 heavy (non-hydrogen) atoms. The molecule has 1 aliphatic carbocycles. The van der Waals surface area contributed by atoms with Crippen LogP contribution < -0.4 is 5.32 Å². The zero-order chi connectivity index (χ0) is 13.4. The van der Waals surface area contributed by atoms with Crippen molar-refractivity contribution in [3.63, 3.8) is 0 Å². The maximum absolute atomic E-state index is 11.2. The number of carboxylic acids is 1. The lowest BCUT2D eigenvalue weighted by atomic mass is 9.96. The highest BCUT2D eigenvalue weighted by Gasteiger charge is 2.31. The van der Waals surface area contributed by atoms with E-state index < -0.39 is 11.5 Å². The van der Waals surface area contributed by atoms with Crippen LogP contribution in [-0.4, -0.2) is 36.4 Å². The Morgan fingerprint density at radius 2 is 2.11 bits per heavy atom. The molecule has 0 saturated heterocycles. The van der Waals surface area contributed by atoms with Gasteiger partial charge in [0, 0.05) is 13.2 Å². The molecular formula is C14H27NO3. The third kappa shape index (κ3) is 4.94. The molecule has 0 aromatic rings. The van der Waals surface area contributed by atoms with E-state index in [9.17, 15) is 9.90 Å². The summed E-state index contributed by atoms with van der Waals surface area (Å²) in [5.74, 6) is -0.0373. The van der Waals surface area contributed by atoms with E-state index in [2.05, 4.69) is 5.32 Å². The van der Waals surface area contributed by atoms with E-state index in [1.165, 1.54) is 25.7 Å². The Morgan fingerprint density at radius 1 is 1.44 bits per heavy atom. The second-order valence-corrected chi connectivity index (χ2v) is 5.50. The molecule has 0 aromatic carbocycles. The van der Waals surface area contributed by atoms with E-state index in [4.69, 9.17) is 4.74 Å². The molecule has 0 heterocycles. The van der Waals surface area contributed by atoms with Gasteiger partial charge in [-0.05, 0) is 45.1 Å². The molecule has 1 rings (SSSR count). The minimum atomic E-state index is -0.814. The summed E-state index contributed by atoms with van der Waals surface area (Å²) in [6.45, 7) is 5.87. The van der Waals surface area contributed by atoms with Crippen LogP contribution in [0.25, 0.3) is 0 Å². The van der Waals surface area contributed by atoms with Crippen molar-refractivity contribution < 1.29 is 14.6 Å². The van der Waals surface area contributed by atoms with Crippen LogP contribution >= 0.6 is 0 Å². The van der Waals surface area contributed by atoms with Gasteiger partial charge in [0.25, 0.3) is 0 Å². The molecule has 0 amide bonds. The van der Waals surface area contributed by atoms with Crippen molar-refractivity contribution in [3.05, 3.63) is 0 Å². The van der Waals surface area contributed by atoms with Crippen molar-refractivity contribution in [2.75, 3.05) is 19.8 Å². The number of rotatable bonds is 9. The number of hydrogen-bond donors (Lipinski definition) is 2. The Labute approximate surface area is 110 Å². The fraction of sp³-hybridized carbons (Fsp3) is 0.929. The number of hydrogen-bond acceptors (Lipinski definition) is 3. The number of ether oxygens (including phenoxy) is 1. The van der Waals surface area contributed by atoms with Crippen LogP contribution in [0, 0.1) is 5.92 Å². The number of aliphatic carboxylic acids is 1. The Morgan fingerprint density at radius 3 is 2.67 bits per heavy atom. The Balaban J connectivity index is 2.12. The van der Waals surface area contributed by atoms with Crippen molar-refractivity contribution in [2.24, 2.45) is 5.92 Å². The van der Waals surface area contributed by atoms with Gasteiger partial charge in [-0.15, -0.1) is 0 Å². The first-order chi connectivity index (χ1) is 8.58. The maximum atomic E-state index is 11.2. The lowest BCUT2D eigenvalue weighted by Gasteiger charge is -2.25. The summed E-state index contributed by atoms with van der Waals surface area (Å²) in [4.78, 5) is 11.2.